The topological polar surface area (TPSA) is 107 Å². The Morgan fingerprint density at radius 1 is 0.947 bits per heavy atom. The number of rotatable bonds is 12. The van der Waals surface area contributed by atoms with Gasteiger partial charge in [0.15, 0.2) is 29.6 Å². The Kier molecular flexibility index (Phi) is 10.8. The van der Waals surface area contributed by atoms with E-state index in [-0.39, 0.29) is 12.5 Å². The summed E-state index contributed by atoms with van der Waals surface area (Å²) in [4.78, 5) is 24.9. The first-order valence-corrected chi connectivity index (χ1v) is 12.8. The van der Waals surface area contributed by atoms with Gasteiger partial charge in [-0.1, -0.05) is 11.6 Å². The molecule has 0 unspecified atom stereocenters. The van der Waals surface area contributed by atoms with Gasteiger partial charge in [0.25, 0.3) is 11.8 Å². The maximum atomic E-state index is 12.6. The van der Waals surface area contributed by atoms with Crippen molar-refractivity contribution in [2.45, 2.75) is 13.8 Å². The highest BCUT2D eigenvalue weighted by Crippen LogP contribution is 2.36. The SMILES string of the molecule is CCOc1ccc(C(=O)N/N=C/c2cc(Br)c(OCC(=O)Nc3ccc(Cl)cc3)c(OC)c2)cc1OCC. The van der Waals surface area contributed by atoms with Crippen LogP contribution < -0.4 is 29.7 Å². The second-order valence-electron chi connectivity index (χ2n) is 7.60. The van der Waals surface area contributed by atoms with Crippen LogP contribution in [0.3, 0.4) is 0 Å². The minimum absolute atomic E-state index is 0.243. The lowest BCUT2D eigenvalue weighted by atomic mass is 10.2. The van der Waals surface area contributed by atoms with Crippen molar-refractivity contribution < 1.29 is 28.5 Å². The second-order valence-corrected chi connectivity index (χ2v) is 8.90. The number of carbonyl (C=O) groups excluding carboxylic acids is 2. The number of amides is 2. The zero-order chi connectivity index (χ0) is 27.5. The van der Waals surface area contributed by atoms with Crippen LogP contribution in [0, 0.1) is 0 Å². The van der Waals surface area contributed by atoms with Gasteiger partial charge in [0.1, 0.15) is 0 Å². The molecule has 2 amide bonds. The van der Waals surface area contributed by atoms with E-state index in [1.807, 2.05) is 13.8 Å². The predicted molar refractivity (Wildman–Crippen MR) is 150 cm³/mol. The standard InChI is InChI=1S/C27H27BrClN3O6/c1-4-36-22-11-6-18(14-23(22)37-5-2)27(34)32-30-15-17-12-21(28)26(24(13-17)35-3)38-16-25(33)31-20-9-7-19(29)8-10-20/h6-15H,4-5,16H2,1-3H3,(H,31,33)(H,32,34)/b30-15+. The van der Waals surface area contributed by atoms with Crippen molar-refractivity contribution in [2.75, 3.05) is 32.2 Å². The van der Waals surface area contributed by atoms with Gasteiger partial charge in [0.2, 0.25) is 0 Å². The van der Waals surface area contributed by atoms with E-state index >= 15 is 0 Å². The summed E-state index contributed by atoms with van der Waals surface area (Å²) in [5, 5.41) is 7.34. The Morgan fingerprint density at radius 3 is 2.34 bits per heavy atom. The summed E-state index contributed by atoms with van der Waals surface area (Å²) < 4.78 is 22.7. The van der Waals surface area contributed by atoms with E-state index in [0.717, 1.165) is 0 Å². The zero-order valence-corrected chi connectivity index (χ0v) is 23.4. The molecule has 0 saturated carbocycles. The molecule has 200 valence electrons. The largest absolute Gasteiger partial charge is 0.493 e. The maximum Gasteiger partial charge on any atom is 0.271 e. The molecule has 0 saturated heterocycles. The van der Waals surface area contributed by atoms with E-state index in [4.69, 9.17) is 30.5 Å². The third kappa shape index (κ3) is 8.12. The number of benzene rings is 3. The molecule has 0 aliphatic rings. The monoisotopic (exact) mass is 603 g/mol. The van der Waals surface area contributed by atoms with E-state index in [1.165, 1.54) is 13.3 Å². The summed E-state index contributed by atoms with van der Waals surface area (Å²) in [5.74, 6) is 1.00. The molecule has 0 atom stereocenters. The van der Waals surface area contributed by atoms with E-state index < -0.39 is 5.91 Å². The number of hydrazone groups is 1. The fourth-order valence-electron chi connectivity index (χ4n) is 3.24. The van der Waals surface area contributed by atoms with Crippen LogP contribution in [0.25, 0.3) is 0 Å². The summed E-state index contributed by atoms with van der Waals surface area (Å²) in [7, 11) is 1.48. The number of methoxy groups -OCH3 is 1. The summed E-state index contributed by atoms with van der Waals surface area (Å²) in [6, 6.07) is 15.0. The van der Waals surface area contributed by atoms with E-state index in [2.05, 4.69) is 31.8 Å². The number of nitrogens with one attached hydrogen (secondary N) is 2. The van der Waals surface area contributed by atoms with E-state index in [9.17, 15) is 9.59 Å². The fourth-order valence-corrected chi connectivity index (χ4v) is 3.94. The van der Waals surface area contributed by atoms with Crippen LogP contribution >= 0.6 is 27.5 Å². The lowest BCUT2D eigenvalue weighted by molar-refractivity contribution is -0.118. The molecule has 3 aromatic carbocycles. The Balaban J connectivity index is 1.63. The molecule has 0 spiro atoms. The average molecular weight is 605 g/mol. The van der Waals surface area contributed by atoms with Gasteiger partial charge in [-0.3, -0.25) is 9.59 Å². The molecular weight excluding hydrogens is 578 g/mol. The zero-order valence-electron chi connectivity index (χ0n) is 21.0. The highest BCUT2D eigenvalue weighted by atomic mass is 79.9. The van der Waals surface area contributed by atoms with Crippen LogP contribution in [-0.2, 0) is 4.79 Å². The molecule has 9 nitrogen and oxygen atoms in total. The molecule has 3 aromatic rings. The summed E-state index contributed by atoms with van der Waals surface area (Å²) in [6.45, 7) is 4.40. The highest BCUT2D eigenvalue weighted by molar-refractivity contribution is 9.10. The molecule has 0 heterocycles. The molecule has 0 radical (unpaired) electrons. The Labute approximate surface area is 234 Å². The van der Waals surface area contributed by atoms with Crippen LogP contribution in [0.15, 0.2) is 64.2 Å². The van der Waals surface area contributed by atoms with E-state index in [0.29, 0.717) is 62.5 Å². The first-order chi connectivity index (χ1) is 18.3. The smallest absolute Gasteiger partial charge is 0.271 e. The van der Waals surface area contributed by atoms with Crippen molar-refractivity contribution in [3.8, 4) is 23.0 Å². The van der Waals surface area contributed by atoms with Crippen LogP contribution in [0.5, 0.6) is 23.0 Å². The van der Waals surface area contributed by atoms with Crippen LogP contribution in [-0.4, -0.2) is 45.0 Å². The quantitative estimate of drug-likeness (QED) is 0.203. The lowest BCUT2D eigenvalue weighted by Crippen LogP contribution is -2.20. The molecule has 11 heteroatoms. The molecular formula is C27H27BrClN3O6. The molecule has 3 rings (SSSR count). The van der Waals surface area contributed by atoms with Crippen LogP contribution in [0.4, 0.5) is 5.69 Å². The van der Waals surface area contributed by atoms with Gasteiger partial charge in [0, 0.05) is 16.3 Å². The minimum Gasteiger partial charge on any atom is -0.493 e. The fraction of sp³-hybridized carbons (Fsp3) is 0.222. The number of ether oxygens (including phenoxy) is 4. The van der Waals surface area contributed by atoms with Gasteiger partial charge in [-0.25, -0.2) is 5.43 Å². The van der Waals surface area contributed by atoms with E-state index in [1.54, 1.807) is 54.6 Å². The molecule has 0 aliphatic heterocycles. The van der Waals surface area contributed by atoms with Crippen molar-refractivity contribution in [1.82, 2.24) is 5.43 Å². The lowest BCUT2D eigenvalue weighted by Gasteiger charge is -2.13. The Hall–Kier alpha value is -3.76. The minimum atomic E-state index is -0.414. The van der Waals surface area contributed by atoms with Crippen molar-refractivity contribution >= 4 is 51.2 Å². The molecule has 0 aliphatic carbocycles. The molecule has 2 N–H and O–H groups in total. The van der Waals surface area contributed by atoms with Crippen molar-refractivity contribution in [3.05, 3.63) is 75.2 Å². The van der Waals surface area contributed by atoms with Crippen molar-refractivity contribution in [1.29, 1.82) is 0 Å². The molecule has 38 heavy (non-hydrogen) atoms. The molecule has 0 bridgehead atoms. The third-order valence-electron chi connectivity index (χ3n) is 4.91. The maximum absolute atomic E-state index is 12.6. The van der Waals surface area contributed by atoms with Gasteiger partial charge in [-0.05, 0) is 89.9 Å². The van der Waals surface area contributed by atoms with Gasteiger partial charge < -0.3 is 24.3 Å². The second kappa shape index (κ2) is 14.3. The number of hydrogen-bond donors (Lipinski definition) is 2. The number of anilines is 1. The predicted octanol–water partition coefficient (Wildman–Crippen LogP) is 5.69. The molecule has 0 aromatic heterocycles. The summed E-state index contributed by atoms with van der Waals surface area (Å²) in [5.41, 5.74) is 4.08. The van der Waals surface area contributed by atoms with Gasteiger partial charge >= 0.3 is 0 Å². The summed E-state index contributed by atoms with van der Waals surface area (Å²) in [6.07, 6.45) is 1.46. The number of carbonyl (C=O) groups is 2. The van der Waals surface area contributed by atoms with Crippen LogP contribution in [0.1, 0.15) is 29.8 Å². The van der Waals surface area contributed by atoms with Gasteiger partial charge in [-0.15, -0.1) is 0 Å². The first kappa shape index (κ1) is 28.8. The van der Waals surface area contributed by atoms with Gasteiger partial charge in [-0.2, -0.15) is 5.10 Å². The normalized spacial score (nSPS) is 10.7. The van der Waals surface area contributed by atoms with Crippen molar-refractivity contribution in [2.24, 2.45) is 5.10 Å². The highest BCUT2D eigenvalue weighted by Gasteiger charge is 2.14. The number of hydrogen-bond acceptors (Lipinski definition) is 7. The number of halogens is 2. The number of nitrogens with zero attached hydrogens (tertiary/aromatic N) is 1. The average Bonchev–Trinajstić information content (AvgIpc) is 2.90. The van der Waals surface area contributed by atoms with Crippen molar-refractivity contribution in [3.63, 3.8) is 0 Å². The Bertz CT molecular complexity index is 1300. The summed E-state index contributed by atoms with van der Waals surface area (Å²) >= 11 is 9.30. The first-order valence-electron chi connectivity index (χ1n) is 11.6. The van der Waals surface area contributed by atoms with Crippen LogP contribution in [0.2, 0.25) is 5.02 Å². The third-order valence-corrected chi connectivity index (χ3v) is 5.75. The van der Waals surface area contributed by atoms with Gasteiger partial charge in [0.05, 0.1) is 31.0 Å². The molecule has 0 fully saturated rings. The Morgan fingerprint density at radius 2 is 1.66 bits per heavy atom.